The molecule has 1 amide bonds. The fraction of sp³-hybridized carbons (Fsp3) is 0.341. The highest BCUT2D eigenvalue weighted by molar-refractivity contribution is 5.93. The summed E-state index contributed by atoms with van der Waals surface area (Å²) in [7, 11) is 0. The number of nitrogens with two attached hydrogens (primary N) is 1. The predicted molar refractivity (Wildman–Crippen MR) is 205 cm³/mol. The number of amides is 1. The molecular weight excluding hydrogens is 687 g/mol. The number of carbonyl (C=O) groups excluding carboxylic acids is 1. The zero-order valence-corrected chi connectivity index (χ0v) is 30.5. The molecular formula is C44H46F2N4O4. The van der Waals surface area contributed by atoms with Crippen LogP contribution in [0.4, 0.5) is 14.5 Å². The number of piperidine rings is 1. The third-order valence-corrected chi connectivity index (χ3v) is 11.2. The number of rotatable bonds is 8. The van der Waals surface area contributed by atoms with Crippen LogP contribution in [0.2, 0.25) is 0 Å². The van der Waals surface area contributed by atoms with Crippen molar-refractivity contribution in [2.24, 2.45) is 5.92 Å². The number of aromatic nitrogens is 1. The summed E-state index contributed by atoms with van der Waals surface area (Å²) in [5, 5.41) is 16.2. The molecule has 280 valence electrons. The highest BCUT2D eigenvalue weighted by Crippen LogP contribution is 2.40. The molecule has 10 heteroatoms. The number of halogens is 2. The first-order valence-corrected chi connectivity index (χ1v) is 18.9. The lowest BCUT2D eigenvalue weighted by Gasteiger charge is -2.42. The van der Waals surface area contributed by atoms with Crippen molar-refractivity contribution < 1.29 is 28.0 Å². The molecule has 5 aromatic rings. The van der Waals surface area contributed by atoms with E-state index in [0.29, 0.717) is 19.0 Å². The lowest BCUT2D eigenvalue weighted by Crippen LogP contribution is -2.56. The van der Waals surface area contributed by atoms with Crippen LogP contribution < -0.4 is 11.1 Å². The number of fused-ring (bicyclic) bond motifs is 3. The number of carboxylic acids is 1. The molecule has 1 saturated carbocycles. The second kappa shape index (κ2) is 16.3. The van der Waals surface area contributed by atoms with Crippen molar-refractivity contribution in [3.63, 3.8) is 0 Å². The second-order valence-electron chi connectivity index (χ2n) is 14.8. The summed E-state index contributed by atoms with van der Waals surface area (Å²) in [5.41, 5.74) is 16.7. The number of aliphatic carboxylic acids is 1. The van der Waals surface area contributed by atoms with Gasteiger partial charge in [0.1, 0.15) is 11.6 Å². The Morgan fingerprint density at radius 2 is 1.70 bits per heavy atom. The monoisotopic (exact) mass is 732 g/mol. The zero-order chi connectivity index (χ0) is 37.8. The van der Waals surface area contributed by atoms with Crippen molar-refractivity contribution in [1.29, 1.82) is 0 Å². The van der Waals surface area contributed by atoms with E-state index in [1.54, 1.807) is 0 Å². The van der Waals surface area contributed by atoms with Crippen molar-refractivity contribution in [3.05, 3.63) is 130 Å². The first-order valence-electron chi connectivity index (χ1n) is 18.9. The fourth-order valence-corrected chi connectivity index (χ4v) is 8.27. The fourth-order valence-electron chi connectivity index (χ4n) is 8.27. The molecule has 1 aromatic heterocycles. The SMILES string of the molecule is Cc1cccc(CCc2ccc3c(c2N)Cc2ccccc2-3)c1.O=C(N[C@H]1CCN(C2CCCCC2)C[C@@H]1C(=O)O)c1cc(-c2ccc(F)cc2F)on1. The van der Waals surface area contributed by atoms with E-state index in [1.165, 1.54) is 70.3 Å². The number of aryl methyl sites for hydroxylation is 3. The molecule has 2 fully saturated rings. The summed E-state index contributed by atoms with van der Waals surface area (Å²) in [4.78, 5) is 26.8. The van der Waals surface area contributed by atoms with Crippen LogP contribution in [0.3, 0.4) is 0 Å². The molecule has 0 radical (unpaired) electrons. The van der Waals surface area contributed by atoms with Crippen LogP contribution in [0.15, 0.2) is 89.5 Å². The van der Waals surface area contributed by atoms with Gasteiger partial charge in [0.15, 0.2) is 11.5 Å². The van der Waals surface area contributed by atoms with Gasteiger partial charge in [-0.25, -0.2) is 8.78 Å². The van der Waals surface area contributed by atoms with E-state index < -0.39 is 35.5 Å². The van der Waals surface area contributed by atoms with Crippen molar-refractivity contribution >= 4 is 17.6 Å². The molecule has 0 spiro atoms. The maximum atomic E-state index is 14.0. The third kappa shape index (κ3) is 8.24. The predicted octanol–water partition coefficient (Wildman–Crippen LogP) is 8.39. The molecule has 2 aliphatic carbocycles. The van der Waals surface area contributed by atoms with Gasteiger partial charge in [-0.05, 0) is 84.5 Å². The number of benzene rings is 4. The number of anilines is 1. The molecule has 2 atom stereocenters. The molecule has 1 aliphatic heterocycles. The summed E-state index contributed by atoms with van der Waals surface area (Å²) < 4.78 is 32.1. The van der Waals surface area contributed by atoms with Crippen LogP contribution in [0.5, 0.6) is 0 Å². The molecule has 8 nitrogen and oxygen atoms in total. The average Bonchev–Trinajstić information content (AvgIpc) is 3.82. The Morgan fingerprint density at radius 1 is 0.907 bits per heavy atom. The Kier molecular flexibility index (Phi) is 11.2. The van der Waals surface area contributed by atoms with Crippen LogP contribution in [0.25, 0.3) is 22.5 Å². The van der Waals surface area contributed by atoms with Gasteiger partial charge < -0.3 is 20.7 Å². The van der Waals surface area contributed by atoms with Gasteiger partial charge in [0.05, 0.1) is 11.5 Å². The minimum Gasteiger partial charge on any atom is -0.481 e. The van der Waals surface area contributed by atoms with E-state index >= 15 is 0 Å². The van der Waals surface area contributed by atoms with Gasteiger partial charge in [0.2, 0.25) is 0 Å². The summed E-state index contributed by atoms with van der Waals surface area (Å²) in [5.74, 6) is -3.81. The Morgan fingerprint density at radius 3 is 2.48 bits per heavy atom. The van der Waals surface area contributed by atoms with Gasteiger partial charge in [0.25, 0.3) is 5.91 Å². The average molecular weight is 733 g/mol. The number of hydrogen-bond donors (Lipinski definition) is 3. The first kappa shape index (κ1) is 37.0. The van der Waals surface area contributed by atoms with E-state index in [1.807, 2.05) is 0 Å². The molecule has 0 unspecified atom stereocenters. The van der Waals surface area contributed by atoms with Crippen molar-refractivity contribution in [3.8, 4) is 22.5 Å². The summed E-state index contributed by atoms with van der Waals surface area (Å²) in [6.07, 6.45) is 9.27. The lowest BCUT2D eigenvalue weighted by molar-refractivity contribution is -0.145. The van der Waals surface area contributed by atoms with Crippen molar-refractivity contribution in [2.75, 3.05) is 18.8 Å². The number of nitrogens with one attached hydrogen (secondary N) is 1. The Balaban J connectivity index is 0.000000174. The largest absolute Gasteiger partial charge is 0.481 e. The number of nitrogen functional groups attached to an aromatic ring is 1. The Bertz CT molecular complexity index is 2140. The van der Waals surface area contributed by atoms with Crippen molar-refractivity contribution in [2.45, 2.75) is 76.8 Å². The molecule has 8 rings (SSSR count). The van der Waals surface area contributed by atoms with Gasteiger partial charge in [-0.2, -0.15) is 0 Å². The second-order valence-corrected chi connectivity index (χ2v) is 14.8. The number of carbonyl (C=O) groups is 2. The molecule has 54 heavy (non-hydrogen) atoms. The smallest absolute Gasteiger partial charge is 0.309 e. The normalized spacial score (nSPS) is 18.3. The lowest BCUT2D eigenvalue weighted by atomic mass is 9.87. The van der Waals surface area contributed by atoms with Crippen LogP contribution in [0, 0.1) is 24.5 Å². The van der Waals surface area contributed by atoms with Crippen LogP contribution >= 0.6 is 0 Å². The molecule has 1 saturated heterocycles. The van der Waals surface area contributed by atoms with E-state index in [0.717, 1.165) is 56.5 Å². The Labute approximate surface area is 314 Å². The summed E-state index contributed by atoms with van der Waals surface area (Å²) in [6.45, 7) is 3.27. The highest BCUT2D eigenvalue weighted by Gasteiger charge is 2.38. The van der Waals surface area contributed by atoms with Crippen LogP contribution in [0.1, 0.15) is 76.8 Å². The van der Waals surface area contributed by atoms with Crippen LogP contribution in [-0.4, -0.2) is 52.2 Å². The summed E-state index contributed by atoms with van der Waals surface area (Å²) >= 11 is 0. The Hall–Kier alpha value is -5.35. The van der Waals surface area contributed by atoms with Gasteiger partial charge in [-0.3, -0.25) is 14.5 Å². The minimum absolute atomic E-state index is 0.00967. The van der Waals surface area contributed by atoms with Gasteiger partial charge in [0, 0.05) is 49.4 Å². The van der Waals surface area contributed by atoms with Gasteiger partial charge in [-0.15, -0.1) is 0 Å². The number of likely N-dealkylation sites (tertiary alicyclic amines) is 1. The van der Waals surface area contributed by atoms with E-state index in [9.17, 15) is 23.5 Å². The van der Waals surface area contributed by atoms with E-state index in [4.69, 9.17) is 10.3 Å². The molecule has 2 heterocycles. The minimum atomic E-state index is -0.944. The van der Waals surface area contributed by atoms with E-state index in [2.05, 4.69) is 83.0 Å². The highest BCUT2D eigenvalue weighted by atomic mass is 19.1. The number of nitrogens with zero attached hydrogens (tertiary/aromatic N) is 2. The van der Waals surface area contributed by atoms with Gasteiger partial charge >= 0.3 is 5.97 Å². The van der Waals surface area contributed by atoms with Crippen molar-refractivity contribution in [1.82, 2.24) is 15.4 Å². The third-order valence-electron chi connectivity index (χ3n) is 11.2. The zero-order valence-electron chi connectivity index (χ0n) is 30.5. The van der Waals surface area contributed by atoms with Crippen LogP contribution in [-0.2, 0) is 24.1 Å². The number of hydrogen-bond acceptors (Lipinski definition) is 6. The summed E-state index contributed by atoms with van der Waals surface area (Å²) in [6, 6.07) is 26.0. The topological polar surface area (TPSA) is 122 Å². The van der Waals surface area contributed by atoms with Gasteiger partial charge in [-0.1, -0.05) is 90.6 Å². The van der Waals surface area contributed by atoms with E-state index in [-0.39, 0.29) is 17.0 Å². The molecule has 0 bridgehead atoms. The quantitative estimate of drug-likeness (QED) is 0.134. The number of carboxylic acid groups (broad SMARTS) is 1. The first-order chi connectivity index (χ1) is 26.1. The molecule has 4 N–H and O–H groups in total. The molecule has 4 aromatic carbocycles. The standard InChI is InChI=1S/C22H25F2N3O4.C22H21N/c23-13-6-7-15(17(24)10-13)20-11-19(26-31-20)21(28)25-18-8-9-27(12-16(18)22(29)30)14-4-2-1-3-5-14;1-15-5-4-6-16(13-15)9-10-17-11-12-20-19-8-3-2-7-18(19)14-21(20)22(17)23/h6-7,10-11,14,16,18H,1-5,8-9,12H2,(H,25,28)(H,29,30);2-8,11-13H,9-10,14,23H2,1H3/t16-,18-;/m0./s1. The maximum Gasteiger partial charge on any atom is 0.309 e. The maximum absolute atomic E-state index is 14.0. The molecule has 3 aliphatic rings.